The van der Waals surface area contributed by atoms with Crippen LogP contribution in [0.1, 0.15) is 6.42 Å². The number of carbonyl (C=O) groups excluding carboxylic acids is 1. The molecule has 58 valence electrons. The first-order valence-corrected chi connectivity index (χ1v) is 5.81. The number of carbonyl (C=O) groups is 1. The third kappa shape index (κ3) is 1.91. The number of halogens is 1. The quantitative estimate of drug-likeness (QED) is 0.513. The van der Waals surface area contributed by atoms with Crippen molar-refractivity contribution in [1.29, 1.82) is 0 Å². The molecular formula is C5H7IO3S. The zero-order chi connectivity index (χ0) is 7.78. The van der Waals surface area contributed by atoms with E-state index in [1.165, 1.54) is 0 Å². The molecule has 1 fully saturated rings. The highest BCUT2D eigenvalue weighted by Crippen LogP contribution is 2.21. The molecule has 0 spiro atoms. The van der Waals surface area contributed by atoms with Crippen molar-refractivity contribution >= 4 is 36.2 Å². The molecule has 0 bridgehead atoms. The first-order chi connectivity index (χ1) is 4.51. The SMILES string of the molecule is O=C(I)[C@H]1CCS(=O)(=O)C1. The Bertz CT molecular complexity index is 244. The maximum absolute atomic E-state index is 10.8. The highest BCUT2D eigenvalue weighted by molar-refractivity contribution is 14.1. The molecule has 0 radical (unpaired) electrons. The maximum atomic E-state index is 10.8. The van der Waals surface area contributed by atoms with Crippen LogP contribution >= 0.6 is 22.6 Å². The van der Waals surface area contributed by atoms with Crippen LogP contribution < -0.4 is 0 Å². The standard InChI is InChI=1S/C5H7IO3S/c6-5(7)4-1-2-10(8,9)3-4/h4H,1-3H2/t4-/m0/s1. The lowest BCUT2D eigenvalue weighted by atomic mass is 10.2. The smallest absolute Gasteiger partial charge is 0.196 e. The van der Waals surface area contributed by atoms with Crippen LogP contribution in [-0.4, -0.2) is 23.7 Å². The van der Waals surface area contributed by atoms with E-state index < -0.39 is 9.84 Å². The van der Waals surface area contributed by atoms with Gasteiger partial charge in [0, 0.05) is 5.92 Å². The van der Waals surface area contributed by atoms with E-state index in [-0.39, 0.29) is 21.2 Å². The van der Waals surface area contributed by atoms with Gasteiger partial charge in [-0.05, 0) is 29.0 Å². The van der Waals surface area contributed by atoms with Crippen molar-refractivity contribution in [2.45, 2.75) is 6.42 Å². The van der Waals surface area contributed by atoms with Crippen LogP contribution in [0.25, 0.3) is 0 Å². The van der Waals surface area contributed by atoms with Crippen LogP contribution in [0.15, 0.2) is 0 Å². The Kier molecular flexibility index (Phi) is 2.34. The molecule has 0 unspecified atom stereocenters. The topological polar surface area (TPSA) is 51.2 Å². The summed E-state index contributed by atoms with van der Waals surface area (Å²) >= 11 is 1.66. The molecule has 0 N–H and O–H groups in total. The summed E-state index contributed by atoms with van der Waals surface area (Å²) in [5.41, 5.74) is 0. The zero-order valence-electron chi connectivity index (χ0n) is 5.21. The molecule has 0 aliphatic carbocycles. The first kappa shape index (κ1) is 8.45. The zero-order valence-corrected chi connectivity index (χ0v) is 8.18. The van der Waals surface area contributed by atoms with E-state index in [4.69, 9.17) is 0 Å². The molecule has 5 heteroatoms. The van der Waals surface area contributed by atoms with Crippen molar-refractivity contribution in [3.05, 3.63) is 0 Å². The summed E-state index contributed by atoms with van der Waals surface area (Å²) in [6.45, 7) is 0. The molecule has 10 heavy (non-hydrogen) atoms. The Morgan fingerprint density at radius 2 is 2.10 bits per heavy atom. The second-order valence-corrected chi connectivity index (χ2v) is 5.70. The lowest BCUT2D eigenvalue weighted by molar-refractivity contribution is -0.112. The number of sulfone groups is 1. The summed E-state index contributed by atoms with van der Waals surface area (Å²) in [5, 5.41) is 0. The van der Waals surface area contributed by atoms with Gasteiger partial charge in [-0.2, -0.15) is 0 Å². The summed E-state index contributed by atoms with van der Waals surface area (Å²) in [6, 6.07) is 0. The molecule has 0 aromatic rings. The minimum atomic E-state index is -2.87. The van der Waals surface area contributed by atoms with Gasteiger partial charge >= 0.3 is 0 Å². The highest BCUT2D eigenvalue weighted by atomic mass is 127. The molecule has 1 rings (SSSR count). The molecule has 1 heterocycles. The summed E-state index contributed by atoms with van der Waals surface area (Å²) in [6.07, 6.45) is 0.518. The van der Waals surface area contributed by atoms with Gasteiger partial charge in [-0.1, -0.05) is 0 Å². The van der Waals surface area contributed by atoms with Gasteiger partial charge in [0.2, 0.25) is 0 Å². The maximum Gasteiger partial charge on any atom is 0.196 e. The van der Waals surface area contributed by atoms with Gasteiger partial charge < -0.3 is 0 Å². The fraction of sp³-hybridized carbons (Fsp3) is 0.800. The number of rotatable bonds is 1. The van der Waals surface area contributed by atoms with E-state index in [1.807, 2.05) is 0 Å². The molecular weight excluding hydrogens is 267 g/mol. The molecule has 3 nitrogen and oxygen atoms in total. The summed E-state index contributed by atoms with van der Waals surface area (Å²) in [5.74, 6) is 0.0202. The van der Waals surface area contributed by atoms with Crippen molar-refractivity contribution in [3.8, 4) is 0 Å². The third-order valence-electron chi connectivity index (χ3n) is 1.55. The van der Waals surface area contributed by atoms with Crippen molar-refractivity contribution in [3.63, 3.8) is 0 Å². The van der Waals surface area contributed by atoms with E-state index in [0.29, 0.717) is 6.42 Å². The number of hydrogen-bond acceptors (Lipinski definition) is 3. The first-order valence-electron chi connectivity index (χ1n) is 2.91. The van der Waals surface area contributed by atoms with E-state index in [0.717, 1.165) is 0 Å². The van der Waals surface area contributed by atoms with Crippen LogP contribution in [0.2, 0.25) is 0 Å². The fourth-order valence-corrected chi connectivity index (χ4v) is 3.55. The van der Waals surface area contributed by atoms with Gasteiger partial charge in [0.25, 0.3) is 0 Å². The molecule has 0 aromatic heterocycles. The summed E-state index contributed by atoms with van der Waals surface area (Å²) in [4.78, 5) is 10.7. The Hall–Kier alpha value is 0.350. The third-order valence-corrected chi connectivity index (χ3v) is 4.20. The Balaban J connectivity index is 2.69. The molecule has 0 amide bonds. The van der Waals surface area contributed by atoms with Crippen molar-refractivity contribution in [2.75, 3.05) is 11.5 Å². The van der Waals surface area contributed by atoms with Gasteiger partial charge in [0.1, 0.15) is 0 Å². The molecule has 0 saturated carbocycles. The minimum absolute atomic E-state index is 0.0290. The fourth-order valence-electron chi connectivity index (χ4n) is 0.974. The summed E-state index contributed by atoms with van der Waals surface area (Å²) in [7, 11) is -2.87. The van der Waals surface area contributed by atoms with Crippen molar-refractivity contribution < 1.29 is 13.2 Å². The van der Waals surface area contributed by atoms with Crippen LogP contribution in [0, 0.1) is 5.92 Å². The average Bonchev–Trinajstić information content (AvgIpc) is 2.10. The monoisotopic (exact) mass is 274 g/mol. The van der Waals surface area contributed by atoms with Crippen LogP contribution in [0.4, 0.5) is 0 Å². The van der Waals surface area contributed by atoms with Gasteiger partial charge in [-0.3, -0.25) is 4.79 Å². The van der Waals surface area contributed by atoms with Gasteiger partial charge in [-0.15, -0.1) is 0 Å². The highest BCUT2D eigenvalue weighted by Gasteiger charge is 2.31. The Morgan fingerprint density at radius 3 is 2.30 bits per heavy atom. The van der Waals surface area contributed by atoms with Crippen molar-refractivity contribution in [1.82, 2.24) is 0 Å². The van der Waals surface area contributed by atoms with Crippen LogP contribution in [0.5, 0.6) is 0 Å². The van der Waals surface area contributed by atoms with Crippen LogP contribution in [0.3, 0.4) is 0 Å². The van der Waals surface area contributed by atoms with Gasteiger partial charge in [-0.25, -0.2) is 8.42 Å². The van der Waals surface area contributed by atoms with E-state index in [9.17, 15) is 13.2 Å². The molecule has 0 aromatic carbocycles. The van der Waals surface area contributed by atoms with Gasteiger partial charge in [0.05, 0.1) is 11.5 Å². The van der Waals surface area contributed by atoms with E-state index in [1.54, 1.807) is 22.6 Å². The second-order valence-electron chi connectivity index (χ2n) is 2.40. The van der Waals surface area contributed by atoms with Gasteiger partial charge in [0.15, 0.2) is 13.6 Å². The molecule has 1 aliphatic heterocycles. The average molecular weight is 274 g/mol. The minimum Gasteiger partial charge on any atom is -0.287 e. The van der Waals surface area contributed by atoms with E-state index >= 15 is 0 Å². The van der Waals surface area contributed by atoms with Crippen molar-refractivity contribution in [2.24, 2.45) is 5.92 Å². The number of hydrogen-bond donors (Lipinski definition) is 0. The summed E-state index contributed by atoms with van der Waals surface area (Å²) < 4.78 is 21.6. The van der Waals surface area contributed by atoms with Crippen LogP contribution in [-0.2, 0) is 14.6 Å². The molecule has 1 atom stereocenters. The molecule has 1 aliphatic rings. The second kappa shape index (κ2) is 2.77. The Morgan fingerprint density at radius 1 is 1.50 bits per heavy atom. The molecule has 1 saturated heterocycles. The lowest BCUT2D eigenvalue weighted by Crippen LogP contribution is -2.09. The van der Waals surface area contributed by atoms with E-state index in [2.05, 4.69) is 0 Å². The Labute approximate surface area is 73.2 Å². The normalized spacial score (nSPS) is 30.3. The predicted molar refractivity (Wildman–Crippen MR) is 45.8 cm³/mol. The lowest BCUT2D eigenvalue weighted by Gasteiger charge is -1.96. The predicted octanol–water partition coefficient (Wildman–Crippen LogP) is 0.383. The largest absolute Gasteiger partial charge is 0.287 e.